The Hall–Kier alpha value is -2.43. The highest BCUT2D eigenvalue weighted by atomic mass is 15.3. The third kappa shape index (κ3) is 3.87. The number of aromatic nitrogens is 2. The van der Waals surface area contributed by atoms with E-state index in [-0.39, 0.29) is 0 Å². The number of fused-ring (bicyclic) bond motifs is 1. The van der Waals surface area contributed by atoms with E-state index in [1.165, 1.54) is 16.8 Å². The van der Waals surface area contributed by atoms with Crippen LogP contribution in [0.25, 0.3) is 5.69 Å². The highest BCUT2D eigenvalue weighted by Crippen LogP contribution is 2.18. The average Bonchev–Trinajstić information content (AvgIpc) is 3.16. The molecule has 4 heteroatoms. The molecule has 1 unspecified atom stereocenters. The zero-order chi connectivity index (χ0) is 17.8. The number of hydrogen-bond acceptors (Lipinski definition) is 3. The van der Waals surface area contributed by atoms with E-state index in [2.05, 4.69) is 64.7 Å². The molecular formula is C22H26N4. The van der Waals surface area contributed by atoms with E-state index >= 15 is 0 Å². The Morgan fingerprint density at radius 2 is 1.77 bits per heavy atom. The summed E-state index contributed by atoms with van der Waals surface area (Å²) in [4.78, 5) is 2.55. The third-order valence-electron chi connectivity index (χ3n) is 5.10. The van der Waals surface area contributed by atoms with Crippen molar-refractivity contribution in [3.63, 3.8) is 0 Å². The number of para-hydroxylation sites is 1. The lowest BCUT2D eigenvalue weighted by atomic mass is 10.00. The molecule has 0 radical (unpaired) electrons. The predicted molar refractivity (Wildman–Crippen MR) is 105 cm³/mol. The van der Waals surface area contributed by atoms with Crippen molar-refractivity contribution in [2.24, 2.45) is 0 Å². The van der Waals surface area contributed by atoms with Gasteiger partial charge in [0, 0.05) is 38.4 Å². The molecule has 4 rings (SSSR count). The first-order valence-electron chi connectivity index (χ1n) is 9.40. The number of nitrogens with zero attached hydrogens (tertiary/aromatic N) is 3. The topological polar surface area (TPSA) is 33.1 Å². The molecule has 0 aliphatic carbocycles. The number of nitrogens with one attached hydrogen (secondary N) is 1. The molecule has 0 saturated heterocycles. The van der Waals surface area contributed by atoms with E-state index < -0.39 is 0 Å². The third-order valence-corrected chi connectivity index (χ3v) is 5.10. The first kappa shape index (κ1) is 17.0. The van der Waals surface area contributed by atoms with Crippen LogP contribution in [0.15, 0.2) is 66.9 Å². The van der Waals surface area contributed by atoms with Crippen LogP contribution in [0.1, 0.15) is 23.7 Å². The van der Waals surface area contributed by atoms with Crippen LogP contribution in [-0.2, 0) is 19.5 Å². The van der Waals surface area contributed by atoms with Crippen molar-refractivity contribution in [3.8, 4) is 5.69 Å². The first-order valence-corrected chi connectivity index (χ1v) is 9.40. The molecular weight excluding hydrogens is 320 g/mol. The Balaban J connectivity index is 1.33. The minimum absolute atomic E-state index is 0.430. The average molecular weight is 346 g/mol. The van der Waals surface area contributed by atoms with Gasteiger partial charge in [0.25, 0.3) is 0 Å². The fourth-order valence-corrected chi connectivity index (χ4v) is 3.71. The molecule has 1 atom stereocenters. The van der Waals surface area contributed by atoms with Gasteiger partial charge in [0.15, 0.2) is 0 Å². The highest BCUT2D eigenvalue weighted by Gasteiger charge is 2.17. The van der Waals surface area contributed by atoms with Gasteiger partial charge in [0.2, 0.25) is 0 Å². The standard InChI is InChI=1S/C22H26N4/c1-18(16-25-14-12-19-7-5-6-8-20(19)17-25)23-15-22-11-13-24-26(22)21-9-3-2-4-10-21/h2-11,13,18,23H,12,14-17H2,1H3. The summed E-state index contributed by atoms with van der Waals surface area (Å²) in [6.45, 7) is 6.35. The van der Waals surface area contributed by atoms with Gasteiger partial charge in [-0.1, -0.05) is 42.5 Å². The van der Waals surface area contributed by atoms with Crippen LogP contribution >= 0.6 is 0 Å². The molecule has 3 aromatic rings. The van der Waals surface area contributed by atoms with Crippen molar-refractivity contribution in [1.82, 2.24) is 20.0 Å². The Labute approximate surface area is 155 Å². The molecule has 0 bridgehead atoms. The minimum atomic E-state index is 0.430. The molecule has 2 aromatic carbocycles. The Kier molecular flexibility index (Phi) is 5.14. The lowest BCUT2D eigenvalue weighted by Crippen LogP contribution is -2.41. The monoisotopic (exact) mass is 346 g/mol. The van der Waals surface area contributed by atoms with Gasteiger partial charge in [0.1, 0.15) is 0 Å². The van der Waals surface area contributed by atoms with Crippen molar-refractivity contribution in [2.45, 2.75) is 32.5 Å². The van der Waals surface area contributed by atoms with Gasteiger partial charge in [-0.15, -0.1) is 0 Å². The van der Waals surface area contributed by atoms with Gasteiger partial charge < -0.3 is 5.32 Å². The summed E-state index contributed by atoms with van der Waals surface area (Å²) >= 11 is 0. The smallest absolute Gasteiger partial charge is 0.0649 e. The lowest BCUT2D eigenvalue weighted by Gasteiger charge is -2.31. The fourth-order valence-electron chi connectivity index (χ4n) is 3.71. The van der Waals surface area contributed by atoms with Crippen molar-refractivity contribution in [3.05, 3.63) is 83.7 Å². The lowest BCUT2D eigenvalue weighted by molar-refractivity contribution is 0.229. The first-order chi connectivity index (χ1) is 12.8. The van der Waals surface area contributed by atoms with Crippen molar-refractivity contribution in [1.29, 1.82) is 0 Å². The maximum Gasteiger partial charge on any atom is 0.0649 e. The van der Waals surface area contributed by atoms with E-state index in [1.54, 1.807) is 0 Å². The molecule has 1 aromatic heterocycles. The van der Waals surface area contributed by atoms with E-state index in [0.29, 0.717) is 6.04 Å². The largest absolute Gasteiger partial charge is 0.307 e. The Bertz CT molecular complexity index is 840. The maximum atomic E-state index is 4.47. The summed E-state index contributed by atoms with van der Waals surface area (Å²) in [5, 5.41) is 8.14. The molecule has 0 spiro atoms. The highest BCUT2D eigenvalue weighted by molar-refractivity contribution is 5.32. The number of hydrogen-bond donors (Lipinski definition) is 1. The van der Waals surface area contributed by atoms with Crippen LogP contribution in [0.2, 0.25) is 0 Å². The fraction of sp³-hybridized carbons (Fsp3) is 0.318. The van der Waals surface area contributed by atoms with Gasteiger partial charge in [-0.25, -0.2) is 4.68 Å². The number of benzene rings is 2. The van der Waals surface area contributed by atoms with E-state index in [1.807, 2.05) is 29.1 Å². The zero-order valence-corrected chi connectivity index (χ0v) is 15.3. The van der Waals surface area contributed by atoms with Crippen molar-refractivity contribution in [2.75, 3.05) is 13.1 Å². The van der Waals surface area contributed by atoms with Gasteiger partial charge in [0.05, 0.1) is 11.4 Å². The summed E-state index contributed by atoms with van der Waals surface area (Å²) < 4.78 is 2.01. The SMILES string of the molecule is CC(CN1CCc2ccccc2C1)NCc1ccnn1-c1ccccc1. The van der Waals surface area contributed by atoms with Crippen LogP contribution in [0.5, 0.6) is 0 Å². The van der Waals surface area contributed by atoms with Crippen LogP contribution in [-0.4, -0.2) is 33.8 Å². The van der Waals surface area contributed by atoms with Crippen LogP contribution in [0, 0.1) is 0 Å². The number of rotatable bonds is 6. The van der Waals surface area contributed by atoms with Crippen LogP contribution < -0.4 is 5.32 Å². The molecule has 134 valence electrons. The van der Waals surface area contributed by atoms with Crippen LogP contribution in [0.4, 0.5) is 0 Å². The molecule has 0 amide bonds. The molecule has 26 heavy (non-hydrogen) atoms. The Morgan fingerprint density at radius 1 is 1.00 bits per heavy atom. The van der Waals surface area contributed by atoms with Gasteiger partial charge in [-0.2, -0.15) is 5.10 Å². The molecule has 0 saturated carbocycles. The summed E-state index contributed by atoms with van der Waals surface area (Å²) in [6.07, 6.45) is 3.03. The van der Waals surface area contributed by atoms with Crippen molar-refractivity contribution >= 4 is 0 Å². The predicted octanol–water partition coefficient (Wildman–Crippen LogP) is 3.41. The summed E-state index contributed by atoms with van der Waals surface area (Å²) in [5.41, 5.74) is 5.28. The normalized spacial score (nSPS) is 15.6. The molecule has 0 fully saturated rings. The maximum absolute atomic E-state index is 4.47. The summed E-state index contributed by atoms with van der Waals surface area (Å²) in [6, 6.07) is 21.6. The van der Waals surface area contributed by atoms with E-state index in [4.69, 9.17) is 0 Å². The van der Waals surface area contributed by atoms with Gasteiger partial charge in [-0.05, 0) is 42.7 Å². The molecule has 1 aliphatic rings. The summed E-state index contributed by atoms with van der Waals surface area (Å²) in [7, 11) is 0. The molecule has 1 aliphatic heterocycles. The minimum Gasteiger partial charge on any atom is -0.307 e. The van der Waals surface area contributed by atoms with Gasteiger partial charge >= 0.3 is 0 Å². The van der Waals surface area contributed by atoms with Gasteiger partial charge in [-0.3, -0.25) is 4.90 Å². The second-order valence-electron chi connectivity index (χ2n) is 7.11. The quantitative estimate of drug-likeness (QED) is 0.742. The second-order valence-corrected chi connectivity index (χ2v) is 7.11. The van der Waals surface area contributed by atoms with E-state index in [0.717, 1.165) is 38.3 Å². The zero-order valence-electron chi connectivity index (χ0n) is 15.3. The van der Waals surface area contributed by atoms with Crippen molar-refractivity contribution < 1.29 is 0 Å². The molecule has 2 heterocycles. The second kappa shape index (κ2) is 7.85. The molecule has 1 N–H and O–H groups in total. The summed E-state index contributed by atoms with van der Waals surface area (Å²) in [5.74, 6) is 0. The van der Waals surface area contributed by atoms with Crippen LogP contribution in [0.3, 0.4) is 0 Å². The molecule has 4 nitrogen and oxygen atoms in total. The Morgan fingerprint density at radius 3 is 2.62 bits per heavy atom. The van der Waals surface area contributed by atoms with E-state index in [9.17, 15) is 0 Å².